The molecule has 0 bridgehead atoms. The second-order valence-corrected chi connectivity index (χ2v) is 4.04. The molecule has 0 fully saturated rings. The molecule has 0 saturated heterocycles. The van der Waals surface area contributed by atoms with Crippen LogP contribution in [0.3, 0.4) is 0 Å². The van der Waals surface area contributed by atoms with E-state index >= 15 is 0 Å². The monoisotopic (exact) mass is 262 g/mol. The average Bonchev–Trinajstić information content (AvgIpc) is 2.36. The Kier molecular flexibility index (Phi) is 3.75. The van der Waals surface area contributed by atoms with Gasteiger partial charge in [0.1, 0.15) is 11.6 Å². The third kappa shape index (κ3) is 3.28. The van der Waals surface area contributed by atoms with Crippen LogP contribution in [0.15, 0.2) is 42.5 Å². The Bertz CT molecular complexity index is 614. The lowest BCUT2D eigenvalue weighted by Crippen LogP contribution is -2.23. The molecule has 0 aliphatic carbocycles. The van der Waals surface area contributed by atoms with Gasteiger partial charge >= 0.3 is 0 Å². The third-order valence-electron chi connectivity index (χ3n) is 2.60. The topological polar surface area (TPSA) is 55.1 Å². The summed E-state index contributed by atoms with van der Waals surface area (Å²) in [6.45, 7) is 0.174. The number of carbonyl (C=O) groups excluding carboxylic acids is 1. The van der Waals surface area contributed by atoms with Crippen LogP contribution < -0.4 is 11.1 Å². The normalized spacial score (nSPS) is 10.2. The highest BCUT2D eigenvalue weighted by Gasteiger charge is 2.10. The minimum Gasteiger partial charge on any atom is -0.398 e. The van der Waals surface area contributed by atoms with Gasteiger partial charge in [0.05, 0.1) is 5.56 Å². The summed E-state index contributed by atoms with van der Waals surface area (Å²) < 4.78 is 25.8. The number of nitrogens with two attached hydrogens (primary N) is 1. The summed E-state index contributed by atoms with van der Waals surface area (Å²) in [5.41, 5.74) is 6.45. The molecule has 2 aromatic rings. The lowest BCUT2D eigenvalue weighted by atomic mass is 10.1. The third-order valence-corrected chi connectivity index (χ3v) is 2.60. The molecular weight excluding hydrogens is 250 g/mol. The van der Waals surface area contributed by atoms with Gasteiger partial charge in [-0.25, -0.2) is 8.78 Å². The van der Waals surface area contributed by atoms with Crippen molar-refractivity contribution in [3.05, 3.63) is 65.2 Å². The van der Waals surface area contributed by atoms with Crippen molar-refractivity contribution in [2.45, 2.75) is 6.54 Å². The van der Waals surface area contributed by atoms with E-state index in [0.29, 0.717) is 5.56 Å². The number of carbonyl (C=O) groups is 1. The number of anilines is 1. The summed E-state index contributed by atoms with van der Waals surface area (Å²) >= 11 is 0. The quantitative estimate of drug-likeness (QED) is 0.835. The minimum absolute atomic E-state index is 0.0664. The zero-order valence-corrected chi connectivity index (χ0v) is 9.99. The summed E-state index contributed by atoms with van der Waals surface area (Å²) in [6, 6.07) is 9.45. The van der Waals surface area contributed by atoms with E-state index in [1.54, 1.807) is 12.1 Å². The molecule has 2 rings (SSSR count). The van der Waals surface area contributed by atoms with Crippen LogP contribution in [0, 0.1) is 11.6 Å². The van der Waals surface area contributed by atoms with E-state index in [2.05, 4.69) is 5.32 Å². The zero-order valence-electron chi connectivity index (χ0n) is 9.99. The average molecular weight is 262 g/mol. The van der Waals surface area contributed by atoms with E-state index in [0.717, 1.165) is 12.1 Å². The van der Waals surface area contributed by atoms with Crippen molar-refractivity contribution in [2.24, 2.45) is 0 Å². The zero-order chi connectivity index (χ0) is 13.8. The van der Waals surface area contributed by atoms with Gasteiger partial charge in [-0.15, -0.1) is 0 Å². The molecule has 1 amide bonds. The van der Waals surface area contributed by atoms with Gasteiger partial charge in [-0.05, 0) is 35.9 Å². The standard InChI is InChI=1S/C14H12F2N2O/c15-10-3-1-2-9(6-10)8-18-14(19)12-5-4-11(16)7-13(12)17/h1-7H,8,17H2,(H,18,19). The van der Waals surface area contributed by atoms with Gasteiger partial charge in [-0.1, -0.05) is 12.1 Å². The van der Waals surface area contributed by atoms with E-state index < -0.39 is 11.7 Å². The molecule has 0 unspecified atom stereocenters. The maximum Gasteiger partial charge on any atom is 0.253 e. The van der Waals surface area contributed by atoms with Crippen molar-refractivity contribution in [1.29, 1.82) is 0 Å². The van der Waals surface area contributed by atoms with Gasteiger partial charge < -0.3 is 11.1 Å². The Morgan fingerprint density at radius 2 is 1.84 bits per heavy atom. The maximum atomic E-state index is 12.9. The maximum absolute atomic E-state index is 12.9. The Labute approximate surface area is 109 Å². The van der Waals surface area contributed by atoms with Crippen LogP contribution in [0.2, 0.25) is 0 Å². The van der Waals surface area contributed by atoms with Gasteiger partial charge in [-0.3, -0.25) is 4.79 Å². The van der Waals surface area contributed by atoms with Crippen molar-refractivity contribution in [1.82, 2.24) is 5.32 Å². The van der Waals surface area contributed by atoms with Gasteiger partial charge in [0, 0.05) is 12.2 Å². The van der Waals surface area contributed by atoms with Crippen LogP contribution in [0.1, 0.15) is 15.9 Å². The van der Waals surface area contributed by atoms with E-state index in [1.165, 1.54) is 18.2 Å². The van der Waals surface area contributed by atoms with Crippen LogP contribution in [0.4, 0.5) is 14.5 Å². The van der Waals surface area contributed by atoms with Crippen LogP contribution in [-0.2, 0) is 6.54 Å². The van der Waals surface area contributed by atoms with Crippen molar-refractivity contribution >= 4 is 11.6 Å². The molecule has 0 spiro atoms. The molecular formula is C14H12F2N2O. The Morgan fingerprint density at radius 3 is 2.53 bits per heavy atom. The summed E-state index contributed by atoms with van der Waals surface area (Å²) in [5, 5.41) is 2.59. The highest BCUT2D eigenvalue weighted by molar-refractivity contribution is 5.99. The molecule has 0 aliphatic rings. The fourth-order valence-corrected chi connectivity index (χ4v) is 1.66. The van der Waals surface area contributed by atoms with Gasteiger partial charge in [0.15, 0.2) is 0 Å². The number of rotatable bonds is 3. The summed E-state index contributed by atoms with van der Waals surface area (Å²) in [6.07, 6.45) is 0. The van der Waals surface area contributed by atoms with Crippen LogP contribution in [0.25, 0.3) is 0 Å². The molecule has 0 aromatic heterocycles. The molecule has 0 saturated carbocycles. The number of benzene rings is 2. The van der Waals surface area contributed by atoms with Gasteiger partial charge in [0.25, 0.3) is 5.91 Å². The van der Waals surface area contributed by atoms with Crippen LogP contribution in [0.5, 0.6) is 0 Å². The summed E-state index contributed by atoms with van der Waals surface area (Å²) in [5.74, 6) is -1.30. The molecule has 98 valence electrons. The molecule has 0 atom stereocenters. The molecule has 19 heavy (non-hydrogen) atoms. The molecule has 5 heteroatoms. The first-order chi connectivity index (χ1) is 9.06. The Morgan fingerprint density at radius 1 is 1.11 bits per heavy atom. The first kappa shape index (κ1) is 13.0. The minimum atomic E-state index is -0.501. The lowest BCUT2D eigenvalue weighted by molar-refractivity contribution is 0.0951. The van der Waals surface area contributed by atoms with E-state index in [-0.39, 0.29) is 23.6 Å². The number of nitrogens with one attached hydrogen (secondary N) is 1. The number of hydrogen-bond acceptors (Lipinski definition) is 2. The predicted molar refractivity (Wildman–Crippen MR) is 68.4 cm³/mol. The first-order valence-corrected chi connectivity index (χ1v) is 5.64. The molecule has 0 radical (unpaired) electrons. The largest absolute Gasteiger partial charge is 0.398 e. The van der Waals surface area contributed by atoms with E-state index in [1.807, 2.05) is 0 Å². The van der Waals surface area contributed by atoms with Crippen LogP contribution in [-0.4, -0.2) is 5.91 Å². The molecule has 2 aromatic carbocycles. The fourth-order valence-electron chi connectivity index (χ4n) is 1.66. The van der Waals surface area contributed by atoms with Crippen molar-refractivity contribution in [2.75, 3.05) is 5.73 Å². The number of halogens is 2. The highest BCUT2D eigenvalue weighted by atomic mass is 19.1. The Balaban J connectivity index is 2.05. The number of amides is 1. The molecule has 0 aliphatic heterocycles. The summed E-state index contributed by atoms with van der Waals surface area (Å²) in [7, 11) is 0. The molecule has 3 N–H and O–H groups in total. The second-order valence-electron chi connectivity index (χ2n) is 4.04. The summed E-state index contributed by atoms with van der Waals surface area (Å²) in [4.78, 5) is 11.8. The van der Waals surface area contributed by atoms with Gasteiger partial charge in [0.2, 0.25) is 0 Å². The van der Waals surface area contributed by atoms with Gasteiger partial charge in [-0.2, -0.15) is 0 Å². The lowest BCUT2D eigenvalue weighted by Gasteiger charge is -2.07. The smallest absolute Gasteiger partial charge is 0.253 e. The Hall–Kier alpha value is -2.43. The molecule has 0 heterocycles. The SMILES string of the molecule is Nc1cc(F)ccc1C(=O)NCc1cccc(F)c1. The van der Waals surface area contributed by atoms with Crippen LogP contribution >= 0.6 is 0 Å². The second kappa shape index (κ2) is 5.48. The van der Waals surface area contributed by atoms with E-state index in [4.69, 9.17) is 5.73 Å². The number of nitrogen functional groups attached to an aromatic ring is 1. The fraction of sp³-hybridized carbons (Fsp3) is 0.0714. The van der Waals surface area contributed by atoms with Crippen molar-refractivity contribution in [3.8, 4) is 0 Å². The molecule has 3 nitrogen and oxygen atoms in total. The first-order valence-electron chi connectivity index (χ1n) is 5.64. The number of hydrogen-bond donors (Lipinski definition) is 2. The van der Waals surface area contributed by atoms with E-state index in [9.17, 15) is 13.6 Å². The highest BCUT2D eigenvalue weighted by Crippen LogP contribution is 2.13. The van der Waals surface area contributed by atoms with Crippen molar-refractivity contribution < 1.29 is 13.6 Å². The van der Waals surface area contributed by atoms with Crippen molar-refractivity contribution in [3.63, 3.8) is 0 Å². The predicted octanol–water partition coefficient (Wildman–Crippen LogP) is 2.48.